The van der Waals surface area contributed by atoms with Gasteiger partial charge in [-0.1, -0.05) is 48.6 Å². The Morgan fingerprint density at radius 2 is 2.08 bits per heavy atom. The molecule has 0 spiro atoms. The minimum Gasteiger partial charge on any atom is -0.497 e. The number of ether oxygens (including phenoxy) is 1. The third-order valence-corrected chi connectivity index (χ3v) is 5.78. The predicted molar refractivity (Wildman–Crippen MR) is 105 cm³/mol. The molecule has 0 saturated carbocycles. The molecule has 2 aromatic carbocycles. The number of urea groups is 1. The van der Waals surface area contributed by atoms with E-state index in [-0.39, 0.29) is 11.3 Å². The SMILES string of the molecule is CCC(SNC(=O)Nc1nc2ccc(OC)cc2s1)c1ccccc1. The number of carbonyl (C=O) groups is 1. The normalized spacial score (nSPS) is 11.9. The van der Waals surface area contributed by atoms with Gasteiger partial charge in [0, 0.05) is 5.25 Å². The second-order valence-corrected chi connectivity index (χ2v) is 7.37. The quantitative estimate of drug-likeness (QED) is 0.581. The molecule has 0 aliphatic rings. The first-order chi connectivity index (χ1) is 12.2. The standard InChI is InChI=1S/C18H19N3O2S2/c1-3-15(12-7-5-4-6-8-12)25-21-17(22)20-18-19-14-10-9-13(23-2)11-16(14)24-18/h4-11,15H,3H2,1-2H3,(H2,19,20,21,22). The fourth-order valence-electron chi connectivity index (χ4n) is 2.39. The first-order valence-corrected chi connectivity index (χ1v) is 9.61. The monoisotopic (exact) mass is 373 g/mol. The van der Waals surface area contributed by atoms with Crippen LogP contribution in [0, 0.1) is 0 Å². The predicted octanol–water partition coefficient (Wildman–Crippen LogP) is 5.23. The summed E-state index contributed by atoms with van der Waals surface area (Å²) in [5.41, 5.74) is 2.03. The maximum Gasteiger partial charge on any atom is 0.331 e. The van der Waals surface area contributed by atoms with E-state index in [0.717, 1.165) is 22.4 Å². The summed E-state index contributed by atoms with van der Waals surface area (Å²) in [5, 5.41) is 3.57. The second-order valence-electron chi connectivity index (χ2n) is 5.33. The highest BCUT2D eigenvalue weighted by molar-refractivity contribution is 7.98. The molecule has 3 aromatic rings. The third kappa shape index (κ3) is 4.43. The Kier molecular flexibility index (Phi) is 5.78. The van der Waals surface area contributed by atoms with Crippen LogP contribution in [0.25, 0.3) is 10.2 Å². The highest BCUT2D eigenvalue weighted by Crippen LogP contribution is 2.31. The van der Waals surface area contributed by atoms with E-state index in [9.17, 15) is 4.79 Å². The van der Waals surface area contributed by atoms with Gasteiger partial charge in [-0.25, -0.2) is 9.78 Å². The number of benzene rings is 2. The van der Waals surface area contributed by atoms with Crippen molar-refractivity contribution in [1.82, 2.24) is 9.71 Å². The molecule has 1 heterocycles. The van der Waals surface area contributed by atoms with Gasteiger partial charge in [0.05, 0.1) is 17.3 Å². The second kappa shape index (κ2) is 8.22. The Labute approximate surface area is 154 Å². The lowest BCUT2D eigenvalue weighted by Crippen LogP contribution is -2.23. The van der Waals surface area contributed by atoms with E-state index in [1.807, 2.05) is 36.4 Å². The minimum absolute atomic E-state index is 0.214. The fourth-order valence-corrected chi connectivity index (χ4v) is 4.04. The van der Waals surface area contributed by atoms with Crippen LogP contribution in [0.1, 0.15) is 24.2 Å². The van der Waals surface area contributed by atoms with Crippen LogP contribution in [0.2, 0.25) is 0 Å². The van der Waals surface area contributed by atoms with E-state index < -0.39 is 0 Å². The summed E-state index contributed by atoms with van der Waals surface area (Å²) in [6, 6.07) is 15.5. The molecule has 3 rings (SSSR count). The smallest absolute Gasteiger partial charge is 0.331 e. The highest BCUT2D eigenvalue weighted by atomic mass is 32.2. The van der Waals surface area contributed by atoms with Crippen molar-refractivity contribution in [3.8, 4) is 5.75 Å². The molecular weight excluding hydrogens is 354 g/mol. The van der Waals surface area contributed by atoms with Crippen molar-refractivity contribution < 1.29 is 9.53 Å². The van der Waals surface area contributed by atoms with Crippen LogP contribution in [0.15, 0.2) is 48.5 Å². The van der Waals surface area contributed by atoms with Gasteiger partial charge in [-0.2, -0.15) is 0 Å². The maximum atomic E-state index is 12.2. The van der Waals surface area contributed by atoms with Crippen molar-refractivity contribution in [2.75, 3.05) is 12.4 Å². The molecule has 1 atom stereocenters. The van der Waals surface area contributed by atoms with Gasteiger partial charge in [-0.3, -0.25) is 10.0 Å². The van der Waals surface area contributed by atoms with Gasteiger partial charge < -0.3 is 4.74 Å². The van der Waals surface area contributed by atoms with Crippen molar-refractivity contribution in [1.29, 1.82) is 0 Å². The van der Waals surface area contributed by atoms with Gasteiger partial charge in [0.25, 0.3) is 0 Å². The first kappa shape index (κ1) is 17.6. The fraction of sp³-hybridized carbons (Fsp3) is 0.222. The molecular formula is C18H19N3O2S2. The van der Waals surface area contributed by atoms with Gasteiger partial charge in [0.1, 0.15) is 5.75 Å². The Hall–Kier alpha value is -2.25. The average molecular weight is 374 g/mol. The van der Waals surface area contributed by atoms with Gasteiger partial charge in [-0.05, 0) is 42.1 Å². The van der Waals surface area contributed by atoms with Crippen molar-refractivity contribution in [3.05, 3.63) is 54.1 Å². The molecule has 0 saturated heterocycles. The zero-order valence-electron chi connectivity index (χ0n) is 14.0. The van der Waals surface area contributed by atoms with Crippen molar-refractivity contribution >= 4 is 44.7 Å². The van der Waals surface area contributed by atoms with Crippen molar-refractivity contribution in [2.24, 2.45) is 0 Å². The summed E-state index contributed by atoms with van der Waals surface area (Å²) in [7, 11) is 1.63. The van der Waals surface area contributed by atoms with E-state index in [2.05, 4.69) is 34.1 Å². The molecule has 1 aromatic heterocycles. The van der Waals surface area contributed by atoms with Gasteiger partial charge in [0.15, 0.2) is 5.13 Å². The minimum atomic E-state index is -0.273. The largest absolute Gasteiger partial charge is 0.497 e. The molecule has 0 radical (unpaired) electrons. The van der Waals surface area contributed by atoms with Crippen LogP contribution in [0.4, 0.5) is 9.93 Å². The van der Waals surface area contributed by atoms with Gasteiger partial charge >= 0.3 is 6.03 Å². The zero-order chi connectivity index (χ0) is 17.6. The Morgan fingerprint density at radius 3 is 2.80 bits per heavy atom. The van der Waals surface area contributed by atoms with E-state index in [1.54, 1.807) is 7.11 Å². The molecule has 0 fully saturated rings. The molecule has 0 aliphatic heterocycles. The number of nitrogens with one attached hydrogen (secondary N) is 2. The number of hydrogen-bond donors (Lipinski definition) is 2. The average Bonchev–Trinajstić information content (AvgIpc) is 3.04. The number of anilines is 1. The summed E-state index contributed by atoms with van der Waals surface area (Å²) in [4.78, 5) is 16.6. The van der Waals surface area contributed by atoms with Gasteiger partial charge in [0.2, 0.25) is 0 Å². The lowest BCUT2D eigenvalue weighted by atomic mass is 10.1. The zero-order valence-corrected chi connectivity index (χ0v) is 15.6. The number of methoxy groups -OCH3 is 1. The van der Waals surface area contributed by atoms with E-state index >= 15 is 0 Å². The molecule has 2 amide bonds. The van der Waals surface area contributed by atoms with E-state index in [0.29, 0.717) is 5.13 Å². The van der Waals surface area contributed by atoms with Crippen LogP contribution < -0.4 is 14.8 Å². The number of hydrogen-bond acceptors (Lipinski definition) is 5. The number of thiazole rings is 1. The van der Waals surface area contributed by atoms with Crippen molar-refractivity contribution in [3.63, 3.8) is 0 Å². The van der Waals surface area contributed by atoms with E-state index in [1.165, 1.54) is 28.8 Å². The van der Waals surface area contributed by atoms with Crippen LogP contribution in [-0.4, -0.2) is 18.1 Å². The van der Waals surface area contributed by atoms with Crippen LogP contribution >= 0.6 is 23.3 Å². The summed E-state index contributed by atoms with van der Waals surface area (Å²) in [5.74, 6) is 0.774. The molecule has 7 heteroatoms. The van der Waals surface area contributed by atoms with Gasteiger partial charge in [-0.15, -0.1) is 0 Å². The molecule has 0 aliphatic carbocycles. The van der Waals surface area contributed by atoms with Crippen molar-refractivity contribution in [2.45, 2.75) is 18.6 Å². The lowest BCUT2D eigenvalue weighted by molar-refractivity contribution is 0.257. The number of carbonyl (C=O) groups excluding carboxylic acids is 1. The summed E-state index contributed by atoms with van der Waals surface area (Å²) in [6.45, 7) is 2.10. The number of amides is 2. The summed E-state index contributed by atoms with van der Waals surface area (Å²) >= 11 is 2.83. The summed E-state index contributed by atoms with van der Waals surface area (Å²) in [6.07, 6.45) is 0.926. The molecule has 5 nitrogen and oxygen atoms in total. The first-order valence-electron chi connectivity index (χ1n) is 7.91. The number of nitrogens with zero attached hydrogens (tertiary/aromatic N) is 1. The van der Waals surface area contributed by atoms with Crippen LogP contribution in [0.3, 0.4) is 0 Å². The lowest BCUT2D eigenvalue weighted by Gasteiger charge is -2.15. The van der Waals surface area contributed by atoms with Crippen LogP contribution in [-0.2, 0) is 0 Å². The molecule has 1 unspecified atom stereocenters. The third-order valence-electron chi connectivity index (χ3n) is 3.65. The van der Waals surface area contributed by atoms with Crippen LogP contribution in [0.5, 0.6) is 5.75 Å². The molecule has 2 N–H and O–H groups in total. The maximum absolute atomic E-state index is 12.2. The Morgan fingerprint density at radius 1 is 1.28 bits per heavy atom. The topological polar surface area (TPSA) is 63.2 Å². The molecule has 130 valence electrons. The number of fused-ring (bicyclic) bond motifs is 1. The number of rotatable bonds is 6. The molecule has 0 bridgehead atoms. The summed E-state index contributed by atoms with van der Waals surface area (Å²) < 4.78 is 9.03. The Balaban J connectivity index is 1.60. The highest BCUT2D eigenvalue weighted by Gasteiger charge is 2.13. The molecule has 25 heavy (non-hydrogen) atoms. The number of aromatic nitrogens is 1. The van der Waals surface area contributed by atoms with E-state index in [4.69, 9.17) is 4.74 Å². The Bertz CT molecular complexity index is 852.